The maximum absolute atomic E-state index is 12.5. The van der Waals surface area contributed by atoms with Crippen molar-refractivity contribution in [3.8, 4) is 0 Å². The molecule has 1 aromatic rings. The Balaban J connectivity index is 1.81. The van der Waals surface area contributed by atoms with E-state index in [-0.39, 0.29) is 22.4 Å². The van der Waals surface area contributed by atoms with Crippen molar-refractivity contribution in [1.82, 2.24) is 10.6 Å². The van der Waals surface area contributed by atoms with E-state index in [9.17, 15) is 14.4 Å². The summed E-state index contributed by atoms with van der Waals surface area (Å²) in [6, 6.07) is 9.52. The van der Waals surface area contributed by atoms with Crippen molar-refractivity contribution in [2.24, 2.45) is 0 Å². The van der Waals surface area contributed by atoms with E-state index >= 15 is 0 Å². The highest BCUT2D eigenvalue weighted by molar-refractivity contribution is 8.00. The van der Waals surface area contributed by atoms with Crippen molar-refractivity contribution >= 4 is 29.2 Å². The number of allylic oxidation sites excluding steroid dienone is 1. The van der Waals surface area contributed by atoms with Crippen LogP contribution in [0, 0.1) is 0 Å². The van der Waals surface area contributed by atoms with Crippen LogP contribution in [0.5, 0.6) is 0 Å². The minimum absolute atomic E-state index is 0.269. The van der Waals surface area contributed by atoms with E-state index in [0.717, 1.165) is 17.9 Å². The summed E-state index contributed by atoms with van der Waals surface area (Å²) in [5, 5.41) is 5.67. The first-order chi connectivity index (χ1) is 11.2. The summed E-state index contributed by atoms with van der Waals surface area (Å²) in [4.78, 5) is 36.3. The second kappa shape index (κ2) is 6.93. The normalized spacial score (nSPS) is 21.0. The van der Waals surface area contributed by atoms with Crippen LogP contribution >= 0.6 is 11.8 Å². The molecule has 3 rings (SSSR count). The van der Waals surface area contributed by atoms with Gasteiger partial charge in [0, 0.05) is 30.0 Å². The molecule has 0 aromatic heterocycles. The first-order valence-electron chi connectivity index (χ1n) is 7.35. The maximum atomic E-state index is 12.5. The number of ketones is 2. The van der Waals surface area contributed by atoms with Crippen LogP contribution in [0.25, 0.3) is 0 Å². The molecule has 1 heterocycles. The predicted octanol–water partition coefficient (Wildman–Crippen LogP) is 0.970. The minimum atomic E-state index is -0.593. The van der Waals surface area contributed by atoms with Crippen LogP contribution in [0.1, 0.15) is 5.56 Å². The molecule has 1 aliphatic heterocycles. The van der Waals surface area contributed by atoms with Gasteiger partial charge in [0.05, 0.1) is 5.37 Å². The SMILES string of the molecule is O=C1C=CC(C(=O)NCc2ccccc2)=C(C2NCCS2)C1=O. The molecule has 1 aliphatic carbocycles. The number of hydrogen-bond acceptors (Lipinski definition) is 5. The number of rotatable bonds is 4. The van der Waals surface area contributed by atoms with Gasteiger partial charge < -0.3 is 10.6 Å². The second-order valence-electron chi connectivity index (χ2n) is 5.23. The third-order valence-corrected chi connectivity index (χ3v) is 4.85. The number of thioether (sulfide) groups is 1. The van der Waals surface area contributed by atoms with Gasteiger partial charge in [0.2, 0.25) is 11.6 Å². The molecule has 6 heteroatoms. The number of carbonyl (C=O) groups excluding carboxylic acids is 3. The van der Waals surface area contributed by atoms with Crippen LogP contribution in [0.15, 0.2) is 53.6 Å². The van der Waals surface area contributed by atoms with Crippen LogP contribution in [-0.4, -0.2) is 35.1 Å². The lowest BCUT2D eigenvalue weighted by Gasteiger charge is -2.19. The Morgan fingerprint density at radius 2 is 2.00 bits per heavy atom. The summed E-state index contributed by atoms with van der Waals surface area (Å²) in [5.74, 6) is -0.661. The fourth-order valence-corrected chi connectivity index (χ4v) is 3.63. The van der Waals surface area contributed by atoms with E-state index in [1.807, 2.05) is 30.3 Å². The third kappa shape index (κ3) is 3.43. The molecule has 2 N–H and O–H groups in total. The van der Waals surface area contributed by atoms with Gasteiger partial charge in [-0.05, 0) is 17.7 Å². The Kier molecular flexibility index (Phi) is 4.73. The van der Waals surface area contributed by atoms with Crippen molar-refractivity contribution in [2.75, 3.05) is 12.3 Å². The minimum Gasteiger partial charge on any atom is -0.348 e. The van der Waals surface area contributed by atoms with Crippen LogP contribution in [0.4, 0.5) is 0 Å². The van der Waals surface area contributed by atoms with Crippen molar-refractivity contribution in [2.45, 2.75) is 11.9 Å². The molecule has 0 radical (unpaired) electrons. The van der Waals surface area contributed by atoms with Crippen LogP contribution in [-0.2, 0) is 20.9 Å². The lowest BCUT2D eigenvalue weighted by molar-refractivity contribution is -0.132. The lowest BCUT2D eigenvalue weighted by Crippen LogP contribution is -2.36. The zero-order valence-electron chi connectivity index (χ0n) is 12.4. The monoisotopic (exact) mass is 328 g/mol. The van der Waals surface area contributed by atoms with Crippen molar-refractivity contribution < 1.29 is 14.4 Å². The standard InChI is InChI=1S/C17H16N2O3S/c20-13-7-6-12(14(15(13)21)17-18-8-9-23-17)16(22)19-10-11-4-2-1-3-5-11/h1-7,17-18H,8-10H2,(H,19,22). The third-order valence-electron chi connectivity index (χ3n) is 3.68. The van der Waals surface area contributed by atoms with Gasteiger partial charge in [-0.25, -0.2) is 0 Å². The van der Waals surface area contributed by atoms with E-state index in [4.69, 9.17) is 0 Å². The molecule has 1 saturated heterocycles. The molecule has 0 saturated carbocycles. The largest absolute Gasteiger partial charge is 0.348 e. The molecule has 118 valence electrons. The average Bonchev–Trinajstić information content (AvgIpc) is 3.10. The van der Waals surface area contributed by atoms with Crippen molar-refractivity contribution in [3.63, 3.8) is 0 Å². The van der Waals surface area contributed by atoms with Gasteiger partial charge in [-0.2, -0.15) is 0 Å². The number of benzene rings is 1. The lowest BCUT2D eigenvalue weighted by atomic mass is 9.94. The summed E-state index contributed by atoms with van der Waals surface area (Å²) in [6.45, 7) is 1.13. The highest BCUT2D eigenvalue weighted by Gasteiger charge is 2.34. The number of nitrogens with one attached hydrogen (secondary N) is 2. The highest BCUT2D eigenvalue weighted by Crippen LogP contribution is 2.27. The van der Waals surface area contributed by atoms with Gasteiger partial charge in [-0.3, -0.25) is 14.4 Å². The van der Waals surface area contributed by atoms with Crippen molar-refractivity contribution in [1.29, 1.82) is 0 Å². The zero-order valence-corrected chi connectivity index (χ0v) is 13.2. The topological polar surface area (TPSA) is 75.3 Å². The summed E-state index contributed by atoms with van der Waals surface area (Å²) >= 11 is 1.53. The molecule has 1 unspecified atom stereocenters. The van der Waals surface area contributed by atoms with Gasteiger partial charge in [0.15, 0.2) is 0 Å². The Bertz CT molecular complexity index is 704. The van der Waals surface area contributed by atoms with Crippen molar-refractivity contribution in [3.05, 3.63) is 59.2 Å². The molecule has 1 fully saturated rings. The fourth-order valence-electron chi connectivity index (χ4n) is 2.52. The molecule has 1 amide bonds. The van der Waals surface area contributed by atoms with Crippen LogP contribution in [0.3, 0.4) is 0 Å². The van der Waals surface area contributed by atoms with E-state index < -0.39 is 11.6 Å². The summed E-state index contributed by atoms with van der Waals surface area (Å²) in [6.07, 6.45) is 2.61. The summed E-state index contributed by atoms with van der Waals surface area (Å²) in [7, 11) is 0. The smallest absolute Gasteiger partial charge is 0.252 e. The van der Waals surface area contributed by atoms with E-state index in [1.165, 1.54) is 23.9 Å². The predicted molar refractivity (Wildman–Crippen MR) is 88.7 cm³/mol. The maximum Gasteiger partial charge on any atom is 0.252 e. The number of hydrogen-bond donors (Lipinski definition) is 2. The van der Waals surface area contributed by atoms with Crippen LogP contribution in [0.2, 0.25) is 0 Å². The molecular weight excluding hydrogens is 312 g/mol. The number of amides is 1. The van der Waals surface area contributed by atoms with E-state index in [0.29, 0.717) is 6.54 Å². The Labute approximate surface area is 138 Å². The zero-order chi connectivity index (χ0) is 16.2. The molecule has 2 aliphatic rings. The Hall–Kier alpha value is -2.18. The first-order valence-corrected chi connectivity index (χ1v) is 8.39. The Morgan fingerprint density at radius 1 is 1.22 bits per heavy atom. The summed E-state index contributed by atoms with van der Waals surface area (Å²) in [5.41, 5.74) is 1.52. The van der Waals surface area contributed by atoms with Gasteiger partial charge in [0.1, 0.15) is 0 Å². The van der Waals surface area contributed by atoms with E-state index in [1.54, 1.807) is 0 Å². The second-order valence-corrected chi connectivity index (χ2v) is 6.44. The fraction of sp³-hybridized carbons (Fsp3) is 0.235. The average molecular weight is 328 g/mol. The molecule has 0 spiro atoms. The van der Waals surface area contributed by atoms with Gasteiger partial charge in [0.25, 0.3) is 5.91 Å². The number of Topliss-reactive ketones (excluding diaryl/α,β-unsaturated/α-hetero) is 1. The number of carbonyl (C=O) groups is 3. The molecule has 23 heavy (non-hydrogen) atoms. The summed E-state index contributed by atoms with van der Waals surface area (Å²) < 4.78 is 0. The molecular formula is C17H16N2O3S. The first kappa shape index (κ1) is 15.7. The molecule has 5 nitrogen and oxygen atoms in total. The Morgan fingerprint density at radius 3 is 2.70 bits per heavy atom. The molecule has 0 bridgehead atoms. The van der Waals surface area contributed by atoms with Crippen LogP contribution < -0.4 is 10.6 Å². The van der Waals surface area contributed by atoms with Gasteiger partial charge >= 0.3 is 0 Å². The van der Waals surface area contributed by atoms with Gasteiger partial charge in [-0.15, -0.1) is 11.8 Å². The molecule has 1 aromatic carbocycles. The quantitative estimate of drug-likeness (QED) is 0.636. The molecule has 1 atom stereocenters. The van der Waals surface area contributed by atoms with E-state index in [2.05, 4.69) is 10.6 Å². The van der Waals surface area contributed by atoms with Gasteiger partial charge in [-0.1, -0.05) is 30.3 Å². The highest BCUT2D eigenvalue weighted by atomic mass is 32.2.